The van der Waals surface area contributed by atoms with E-state index in [2.05, 4.69) is 5.32 Å². The van der Waals surface area contributed by atoms with Crippen LogP contribution in [0, 0.1) is 21.0 Å². The third-order valence-corrected chi connectivity index (χ3v) is 3.84. The number of carbonyl (C=O) groups excluding carboxylic acids is 1. The normalized spacial score (nSPS) is 11.8. The van der Waals surface area contributed by atoms with E-state index in [0.717, 1.165) is 3.57 Å². The minimum atomic E-state index is -1.40. The van der Waals surface area contributed by atoms with E-state index >= 15 is 0 Å². The standard InChI is InChI=1S/C16H11F3INO3/c17-9-6-11(18)14(12(19)7-9)15(22)21-13(16(23)24)5-8-2-1-3-10(20)4-8/h1-4,6-7,13H,5H2,(H,21,22)(H,23,24)/t13-/m1/s1. The molecule has 1 atom stereocenters. The van der Waals surface area contributed by atoms with Crippen molar-refractivity contribution in [3.8, 4) is 0 Å². The maximum atomic E-state index is 13.6. The Balaban J connectivity index is 2.22. The van der Waals surface area contributed by atoms with Crippen molar-refractivity contribution >= 4 is 34.5 Å². The van der Waals surface area contributed by atoms with Gasteiger partial charge >= 0.3 is 5.97 Å². The fraction of sp³-hybridized carbons (Fsp3) is 0.125. The van der Waals surface area contributed by atoms with E-state index in [0.29, 0.717) is 17.7 Å². The molecule has 0 bridgehead atoms. The van der Waals surface area contributed by atoms with E-state index in [4.69, 9.17) is 0 Å². The van der Waals surface area contributed by atoms with Crippen LogP contribution in [0.25, 0.3) is 0 Å². The summed E-state index contributed by atoms with van der Waals surface area (Å²) in [6, 6.07) is 6.24. The van der Waals surface area contributed by atoms with Gasteiger partial charge in [0, 0.05) is 22.1 Å². The van der Waals surface area contributed by atoms with E-state index in [1.54, 1.807) is 18.2 Å². The molecule has 0 aromatic heterocycles. The summed E-state index contributed by atoms with van der Waals surface area (Å²) in [4.78, 5) is 23.3. The van der Waals surface area contributed by atoms with Gasteiger partial charge in [-0.25, -0.2) is 18.0 Å². The zero-order valence-corrected chi connectivity index (χ0v) is 14.2. The van der Waals surface area contributed by atoms with Gasteiger partial charge in [-0.2, -0.15) is 0 Å². The van der Waals surface area contributed by atoms with Crippen LogP contribution in [-0.4, -0.2) is 23.0 Å². The first-order chi connectivity index (χ1) is 11.3. The summed E-state index contributed by atoms with van der Waals surface area (Å²) in [5.74, 6) is -6.59. The molecule has 0 aliphatic carbocycles. The second kappa shape index (κ2) is 7.65. The van der Waals surface area contributed by atoms with Gasteiger partial charge < -0.3 is 10.4 Å². The van der Waals surface area contributed by atoms with Crippen LogP contribution in [0.15, 0.2) is 36.4 Å². The van der Waals surface area contributed by atoms with Gasteiger partial charge in [0.25, 0.3) is 5.91 Å². The molecule has 2 aromatic carbocycles. The molecule has 0 aliphatic rings. The van der Waals surface area contributed by atoms with Crippen molar-refractivity contribution in [3.63, 3.8) is 0 Å². The second-order valence-electron chi connectivity index (χ2n) is 4.94. The Labute approximate surface area is 148 Å². The first-order valence-corrected chi connectivity index (χ1v) is 7.78. The lowest BCUT2D eigenvalue weighted by Gasteiger charge is -2.15. The minimum Gasteiger partial charge on any atom is -0.480 e. The fourth-order valence-electron chi connectivity index (χ4n) is 2.09. The van der Waals surface area contributed by atoms with Crippen molar-refractivity contribution in [1.29, 1.82) is 0 Å². The summed E-state index contributed by atoms with van der Waals surface area (Å²) < 4.78 is 41.0. The van der Waals surface area contributed by atoms with Gasteiger partial charge in [-0.3, -0.25) is 4.79 Å². The number of carbonyl (C=O) groups is 2. The van der Waals surface area contributed by atoms with Crippen molar-refractivity contribution in [2.45, 2.75) is 12.5 Å². The number of halogens is 4. The first-order valence-electron chi connectivity index (χ1n) is 6.70. The number of hydrogen-bond acceptors (Lipinski definition) is 2. The maximum Gasteiger partial charge on any atom is 0.326 e. The average molecular weight is 449 g/mol. The highest BCUT2D eigenvalue weighted by Gasteiger charge is 2.25. The summed E-state index contributed by atoms with van der Waals surface area (Å²) in [6.45, 7) is 0. The fourth-order valence-corrected chi connectivity index (χ4v) is 2.70. The van der Waals surface area contributed by atoms with E-state index < -0.39 is 40.9 Å². The summed E-state index contributed by atoms with van der Waals surface area (Å²) in [7, 11) is 0. The van der Waals surface area contributed by atoms with Crippen LogP contribution >= 0.6 is 22.6 Å². The van der Waals surface area contributed by atoms with Gasteiger partial charge in [0.2, 0.25) is 0 Å². The molecule has 0 spiro atoms. The van der Waals surface area contributed by atoms with Crippen LogP contribution in [0.3, 0.4) is 0 Å². The van der Waals surface area contributed by atoms with Gasteiger partial charge in [0.1, 0.15) is 29.1 Å². The van der Waals surface area contributed by atoms with Crippen molar-refractivity contribution in [2.75, 3.05) is 0 Å². The summed E-state index contributed by atoms with van der Waals surface area (Å²) >= 11 is 2.05. The number of benzene rings is 2. The Bertz CT molecular complexity index is 775. The number of carboxylic acid groups (broad SMARTS) is 1. The van der Waals surface area contributed by atoms with Crippen molar-refractivity contribution < 1.29 is 27.9 Å². The number of amides is 1. The van der Waals surface area contributed by atoms with Crippen LogP contribution in [-0.2, 0) is 11.2 Å². The van der Waals surface area contributed by atoms with Gasteiger partial charge in [-0.15, -0.1) is 0 Å². The van der Waals surface area contributed by atoms with Crippen LogP contribution in [0.5, 0.6) is 0 Å². The molecule has 0 heterocycles. The van der Waals surface area contributed by atoms with Gasteiger partial charge in [-0.05, 0) is 40.3 Å². The molecule has 1 amide bonds. The van der Waals surface area contributed by atoms with Crippen LogP contribution < -0.4 is 5.32 Å². The number of aliphatic carboxylic acids is 1. The molecule has 24 heavy (non-hydrogen) atoms. The molecule has 0 radical (unpaired) electrons. The molecule has 8 heteroatoms. The zero-order chi connectivity index (χ0) is 17.9. The third-order valence-electron chi connectivity index (χ3n) is 3.17. The highest BCUT2D eigenvalue weighted by Crippen LogP contribution is 2.16. The number of hydrogen-bond donors (Lipinski definition) is 2. The number of carboxylic acids is 1. The Morgan fingerprint density at radius 3 is 2.29 bits per heavy atom. The zero-order valence-electron chi connectivity index (χ0n) is 12.0. The Morgan fingerprint density at radius 1 is 1.12 bits per heavy atom. The monoisotopic (exact) mass is 449 g/mol. The molecular weight excluding hydrogens is 438 g/mol. The first kappa shape index (κ1) is 18.2. The highest BCUT2D eigenvalue weighted by molar-refractivity contribution is 14.1. The van der Waals surface area contributed by atoms with Crippen LogP contribution in [0.1, 0.15) is 15.9 Å². The summed E-state index contributed by atoms with van der Waals surface area (Å²) in [5, 5.41) is 11.3. The molecule has 2 aromatic rings. The van der Waals surface area contributed by atoms with Gasteiger partial charge in [0.05, 0.1) is 0 Å². The lowest BCUT2D eigenvalue weighted by molar-refractivity contribution is -0.139. The van der Waals surface area contributed by atoms with E-state index in [9.17, 15) is 27.9 Å². The Kier molecular flexibility index (Phi) is 5.81. The lowest BCUT2D eigenvalue weighted by atomic mass is 10.1. The third kappa shape index (κ3) is 4.47. The number of rotatable bonds is 5. The van der Waals surface area contributed by atoms with Gasteiger partial charge in [0.15, 0.2) is 0 Å². The minimum absolute atomic E-state index is 0.0671. The SMILES string of the molecule is O=C(N[C@H](Cc1cccc(I)c1)C(=O)O)c1c(F)cc(F)cc1F. The molecule has 126 valence electrons. The molecule has 4 nitrogen and oxygen atoms in total. The van der Waals surface area contributed by atoms with Crippen LogP contribution in [0.2, 0.25) is 0 Å². The Morgan fingerprint density at radius 2 is 1.75 bits per heavy atom. The largest absolute Gasteiger partial charge is 0.480 e. The molecule has 0 fully saturated rings. The van der Waals surface area contributed by atoms with Crippen molar-refractivity contribution in [2.24, 2.45) is 0 Å². The van der Waals surface area contributed by atoms with E-state index in [-0.39, 0.29) is 6.42 Å². The summed E-state index contributed by atoms with van der Waals surface area (Å²) in [5.41, 5.74) is -0.389. The van der Waals surface area contributed by atoms with Crippen molar-refractivity contribution in [1.82, 2.24) is 5.32 Å². The van der Waals surface area contributed by atoms with Crippen molar-refractivity contribution in [3.05, 3.63) is 68.5 Å². The second-order valence-corrected chi connectivity index (χ2v) is 6.19. The average Bonchev–Trinajstić information content (AvgIpc) is 2.45. The molecule has 0 saturated heterocycles. The lowest BCUT2D eigenvalue weighted by Crippen LogP contribution is -2.43. The maximum absolute atomic E-state index is 13.6. The molecule has 0 unspecified atom stereocenters. The molecule has 0 saturated carbocycles. The molecular formula is C16H11F3INO3. The van der Waals surface area contributed by atoms with E-state index in [1.165, 1.54) is 0 Å². The summed E-state index contributed by atoms with van der Waals surface area (Å²) in [6.07, 6.45) is -0.0671. The van der Waals surface area contributed by atoms with Gasteiger partial charge in [-0.1, -0.05) is 12.1 Å². The molecule has 2 rings (SSSR count). The topological polar surface area (TPSA) is 66.4 Å². The number of nitrogens with one attached hydrogen (secondary N) is 1. The molecule has 2 N–H and O–H groups in total. The van der Waals surface area contributed by atoms with E-state index in [1.807, 2.05) is 28.7 Å². The van der Waals surface area contributed by atoms with Crippen LogP contribution in [0.4, 0.5) is 13.2 Å². The Hall–Kier alpha value is -2.10. The smallest absolute Gasteiger partial charge is 0.326 e. The molecule has 0 aliphatic heterocycles. The quantitative estimate of drug-likeness (QED) is 0.690. The predicted octanol–water partition coefficient (Wildman–Crippen LogP) is 3.13. The predicted molar refractivity (Wildman–Crippen MR) is 88.1 cm³/mol. The highest BCUT2D eigenvalue weighted by atomic mass is 127.